The fourth-order valence-corrected chi connectivity index (χ4v) is 3.49. The lowest BCUT2D eigenvalue weighted by Gasteiger charge is -2.14. The predicted molar refractivity (Wildman–Crippen MR) is 70.5 cm³/mol. The number of aryl methyl sites for hydroxylation is 1. The van der Waals surface area contributed by atoms with Crippen molar-refractivity contribution in [3.63, 3.8) is 0 Å². The summed E-state index contributed by atoms with van der Waals surface area (Å²) >= 11 is 3.27. The van der Waals surface area contributed by atoms with E-state index in [1.54, 1.807) is 26.0 Å². The minimum atomic E-state index is -3.49. The lowest BCUT2D eigenvalue weighted by molar-refractivity contribution is 0.180. The Hall–Kier alpha value is -0.430. The number of hydrogen-bond donors (Lipinski definition) is 1. The van der Waals surface area contributed by atoms with Crippen LogP contribution in [0.5, 0.6) is 0 Å². The first-order chi connectivity index (χ1) is 7.86. The van der Waals surface area contributed by atoms with Crippen LogP contribution >= 0.6 is 15.9 Å². The third kappa shape index (κ3) is 4.06. The van der Waals surface area contributed by atoms with Crippen LogP contribution in [0.15, 0.2) is 27.6 Å². The molecule has 1 N–H and O–H groups in total. The molecule has 4 nitrogen and oxygen atoms in total. The molecule has 0 aliphatic carbocycles. The summed E-state index contributed by atoms with van der Waals surface area (Å²) in [6.45, 7) is 3.86. The number of benzene rings is 1. The highest BCUT2D eigenvalue weighted by Crippen LogP contribution is 2.20. The highest BCUT2D eigenvalue weighted by atomic mass is 79.9. The zero-order valence-corrected chi connectivity index (χ0v) is 12.4. The van der Waals surface area contributed by atoms with Gasteiger partial charge >= 0.3 is 0 Å². The topological polar surface area (TPSA) is 55.4 Å². The van der Waals surface area contributed by atoms with Gasteiger partial charge in [0, 0.05) is 17.6 Å². The molecule has 1 aromatic rings. The number of ether oxygens (including phenoxy) is 1. The van der Waals surface area contributed by atoms with Gasteiger partial charge in [0.05, 0.1) is 11.5 Å². The van der Waals surface area contributed by atoms with Crippen LogP contribution in [0.25, 0.3) is 0 Å². The molecule has 17 heavy (non-hydrogen) atoms. The van der Waals surface area contributed by atoms with E-state index in [1.807, 2.05) is 6.07 Å². The lowest BCUT2D eigenvalue weighted by atomic mass is 10.2. The second-order valence-corrected chi connectivity index (χ2v) is 6.49. The van der Waals surface area contributed by atoms with Crippen LogP contribution in [0.4, 0.5) is 0 Å². The molecule has 0 saturated carbocycles. The van der Waals surface area contributed by atoms with E-state index in [-0.39, 0.29) is 10.9 Å². The zero-order valence-electron chi connectivity index (χ0n) is 10.0. The molecule has 0 radical (unpaired) electrons. The second-order valence-electron chi connectivity index (χ2n) is 3.89. The van der Waals surface area contributed by atoms with E-state index in [4.69, 9.17) is 4.74 Å². The monoisotopic (exact) mass is 321 g/mol. The summed E-state index contributed by atoms with van der Waals surface area (Å²) in [7, 11) is -1.96. The summed E-state index contributed by atoms with van der Waals surface area (Å²) in [5.74, 6) is 0. The van der Waals surface area contributed by atoms with E-state index >= 15 is 0 Å². The molecule has 96 valence electrons. The SMILES string of the molecule is COCC(C)NS(=O)(=O)c1cc(Br)ccc1C. The summed E-state index contributed by atoms with van der Waals surface area (Å²) in [6.07, 6.45) is 0. The molecule has 0 aliphatic rings. The van der Waals surface area contributed by atoms with Crippen molar-refractivity contribution in [2.24, 2.45) is 0 Å². The Balaban J connectivity index is 3.01. The zero-order chi connectivity index (χ0) is 13.1. The van der Waals surface area contributed by atoms with E-state index in [0.717, 1.165) is 4.47 Å². The minimum absolute atomic E-state index is 0.261. The molecule has 0 aromatic heterocycles. The van der Waals surface area contributed by atoms with E-state index in [9.17, 15) is 8.42 Å². The Kier molecular flexibility index (Phi) is 5.12. The molecule has 1 unspecified atom stereocenters. The van der Waals surface area contributed by atoms with Gasteiger partial charge < -0.3 is 4.74 Å². The van der Waals surface area contributed by atoms with Gasteiger partial charge in [0.2, 0.25) is 10.0 Å². The van der Waals surface area contributed by atoms with E-state index in [0.29, 0.717) is 12.2 Å². The van der Waals surface area contributed by atoms with E-state index in [1.165, 1.54) is 7.11 Å². The van der Waals surface area contributed by atoms with Gasteiger partial charge in [-0.25, -0.2) is 13.1 Å². The summed E-state index contributed by atoms with van der Waals surface area (Å²) in [5, 5.41) is 0. The van der Waals surface area contributed by atoms with Crippen LogP contribution in [-0.4, -0.2) is 28.2 Å². The maximum atomic E-state index is 12.1. The smallest absolute Gasteiger partial charge is 0.241 e. The predicted octanol–water partition coefficient (Wildman–Crippen LogP) is 2.07. The number of nitrogens with one attached hydrogen (secondary N) is 1. The van der Waals surface area contributed by atoms with Crippen LogP contribution < -0.4 is 4.72 Å². The van der Waals surface area contributed by atoms with Crippen LogP contribution in [0.3, 0.4) is 0 Å². The van der Waals surface area contributed by atoms with Gasteiger partial charge in [-0.15, -0.1) is 0 Å². The van der Waals surface area contributed by atoms with Crippen LogP contribution in [-0.2, 0) is 14.8 Å². The summed E-state index contributed by atoms with van der Waals surface area (Å²) in [5.41, 5.74) is 0.713. The quantitative estimate of drug-likeness (QED) is 0.903. The number of hydrogen-bond acceptors (Lipinski definition) is 3. The minimum Gasteiger partial charge on any atom is -0.383 e. The van der Waals surface area contributed by atoms with E-state index < -0.39 is 10.0 Å². The van der Waals surface area contributed by atoms with Crippen molar-refractivity contribution in [3.05, 3.63) is 28.2 Å². The van der Waals surface area contributed by atoms with Crippen molar-refractivity contribution >= 4 is 26.0 Å². The maximum absolute atomic E-state index is 12.1. The summed E-state index contributed by atoms with van der Waals surface area (Å²) < 4.78 is 32.4. The Bertz CT molecular complexity index is 487. The van der Waals surface area contributed by atoms with Gasteiger partial charge in [0.25, 0.3) is 0 Å². The normalized spacial score (nSPS) is 13.6. The van der Waals surface area contributed by atoms with Crippen LogP contribution in [0.2, 0.25) is 0 Å². The molecule has 0 spiro atoms. The lowest BCUT2D eigenvalue weighted by Crippen LogP contribution is -2.35. The molecule has 0 heterocycles. The van der Waals surface area contributed by atoms with Gasteiger partial charge in [-0.05, 0) is 31.5 Å². The molecule has 1 atom stereocenters. The number of methoxy groups -OCH3 is 1. The largest absolute Gasteiger partial charge is 0.383 e. The Morgan fingerprint density at radius 3 is 2.71 bits per heavy atom. The molecule has 1 rings (SSSR count). The second kappa shape index (κ2) is 5.95. The van der Waals surface area contributed by atoms with Gasteiger partial charge in [0.15, 0.2) is 0 Å². The Morgan fingerprint density at radius 2 is 2.12 bits per heavy atom. The Labute approximate surface area is 111 Å². The van der Waals surface area contributed by atoms with Crippen molar-refractivity contribution in [2.45, 2.75) is 24.8 Å². The average Bonchev–Trinajstić information content (AvgIpc) is 2.21. The van der Waals surface area contributed by atoms with Gasteiger partial charge in [-0.3, -0.25) is 0 Å². The van der Waals surface area contributed by atoms with Crippen molar-refractivity contribution in [2.75, 3.05) is 13.7 Å². The first-order valence-electron chi connectivity index (χ1n) is 5.14. The highest BCUT2D eigenvalue weighted by molar-refractivity contribution is 9.10. The number of sulfonamides is 1. The molecular weight excluding hydrogens is 306 g/mol. The highest BCUT2D eigenvalue weighted by Gasteiger charge is 2.19. The summed E-state index contributed by atoms with van der Waals surface area (Å²) in [6, 6.07) is 4.91. The maximum Gasteiger partial charge on any atom is 0.241 e. The summed E-state index contributed by atoms with van der Waals surface area (Å²) in [4.78, 5) is 0.287. The molecular formula is C11H16BrNO3S. The van der Waals surface area contributed by atoms with Crippen LogP contribution in [0.1, 0.15) is 12.5 Å². The third-order valence-electron chi connectivity index (χ3n) is 2.21. The molecule has 0 saturated heterocycles. The Morgan fingerprint density at radius 1 is 1.47 bits per heavy atom. The number of halogens is 1. The molecule has 0 aliphatic heterocycles. The number of rotatable bonds is 5. The fraction of sp³-hybridized carbons (Fsp3) is 0.455. The third-order valence-corrected chi connectivity index (χ3v) is 4.44. The van der Waals surface area contributed by atoms with Gasteiger partial charge in [-0.1, -0.05) is 22.0 Å². The molecule has 1 aromatic carbocycles. The standard InChI is InChI=1S/C11H16BrNO3S/c1-8-4-5-10(12)6-11(8)17(14,15)13-9(2)7-16-3/h4-6,9,13H,7H2,1-3H3. The molecule has 6 heteroatoms. The first-order valence-corrected chi connectivity index (χ1v) is 7.42. The average molecular weight is 322 g/mol. The van der Waals surface area contributed by atoms with Crippen molar-refractivity contribution in [1.29, 1.82) is 0 Å². The molecule has 0 bridgehead atoms. The van der Waals surface area contributed by atoms with Crippen LogP contribution in [0, 0.1) is 6.92 Å². The van der Waals surface area contributed by atoms with E-state index in [2.05, 4.69) is 20.7 Å². The van der Waals surface area contributed by atoms with Gasteiger partial charge in [0.1, 0.15) is 0 Å². The molecule has 0 fully saturated rings. The molecule has 0 amide bonds. The van der Waals surface area contributed by atoms with Gasteiger partial charge in [-0.2, -0.15) is 0 Å². The van der Waals surface area contributed by atoms with Crippen molar-refractivity contribution in [1.82, 2.24) is 4.72 Å². The van der Waals surface area contributed by atoms with Crippen molar-refractivity contribution < 1.29 is 13.2 Å². The fourth-order valence-electron chi connectivity index (χ4n) is 1.48. The first kappa shape index (κ1) is 14.6. The van der Waals surface area contributed by atoms with Crippen molar-refractivity contribution in [3.8, 4) is 0 Å².